The molecule has 238 valence electrons. The Kier molecular flexibility index (Phi) is 7.65. The number of ketones is 1. The molecule has 0 saturated heterocycles. The second-order valence-corrected chi connectivity index (χ2v) is 12.3. The summed E-state index contributed by atoms with van der Waals surface area (Å²) in [4.78, 5) is 20.1. The molecule has 0 N–H and O–H groups in total. The number of halogens is 2. The molecule has 48 heavy (non-hydrogen) atoms. The van der Waals surface area contributed by atoms with Crippen molar-refractivity contribution >= 4 is 33.9 Å². The molecular formula is C39H30ClFN4O3. The lowest BCUT2D eigenvalue weighted by atomic mass is 9.93. The van der Waals surface area contributed by atoms with Gasteiger partial charge in [-0.05, 0) is 85.5 Å². The van der Waals surface area contributed by atoms with E-state index in [1.807, 2.05) is 78.9 Å². The van der Waals surface area contributed by atoms with Gasteiger partial charge in [-0.1, -0.05) is 54.1 Å². The number of pyridine rings is 1. The van der Waals surface area contributed by atoms with Crippen LogP contribution in [-0.4, -0.2) is 32.1 Å². The lowest BCUT2D eigenvalue weighted by molar-refractivity contribution is 0.103. The van der Waals surface area contributed by atoms with Gasteiger partial charge in [-0.3, -0.25) is 4.79 Å². The Morgan fingerprint density at radius 3 is 2.46 bits per heavy atom. The summed E-state index contributed by atoms with van der Waals surface area (Å²) in [7, 11) is 1.63. The van der Waals surface area contributed by atoms with E-state index < -0.39 is 5.82 Å². The number of aromatic nitrogens is 4. The highest BCUT2D eigenvalue weighted by atomic mass is 35.5. The summed E-state index contributed by atoms with van der Waals surface area (Å²) in [6.07, 6.45) is 2.63. The summed E-state index contributed by atoms with van der Waals surface area (Å²) in [5.41, 5.74) is 6.82. The smallest absolute Gasteiger partial charge is 0.212 e. The van der Waals surface area contributed by atoms with Crippen LogP contribution in [0.25, 0.3) is 38.9 Å². The van der Waals surface area contributed by atoms with E-state index in [4.69, 9.17) is 31.2 Å². The van der Waals surface area contributed by atoms with E-state index in [-0.39, 0.29) is 18.1 Å². The average Bonchev–Trinajstić information content (AvgIpc) is 3.52. The SMILES string of the molecule is COc1ccc(-c2cc(C(=O)c3c(-c4ccc(Cl)cc4)c4c5n(c(COc6ccccc6F)nn35)CCCC4)c3ccccc3n2)cc1. The predicted molar refractivity (Wildman–Crippen MR) is 184 cm³/mol. The largest absolute Gasteiger partial charge is 0.497 e. The third-order valence-electron chi connectivity index (χ3n) is 8.95. The number of hydrogen-bond acceptors (Lipinski definition) is 5. The maximum absolute atomic E-state index is 15.2. The summed E-state index contributed by atoms with van der Waals surface area (Å²) in [5.74, 6) is 0.885. The number of nitrogens with zero attached hydrogens (tertiary/aromatic N) is 4. The summed E-state index contributed by atoms with van der Waals surface area (Å²) < 4.78 is 29.7. The van der Waals surface area contributed by atoms with Crippen molar-refractivity contribution in [2.45, 2.75) is 32.4 Å². The first-order chi connectivity index (χ1) is 23.5. The first kappa shape index (κ1) is 29.9. The van der Waals surface area contributed by atoms with Crippen molar-refractivity contribution in [3.63, 3.8) is 0 Å². The van der Waals surface area contributed by atoms with Gasteiger partial charge in [-0.2, -0.15) is 0 Å². The average molecular weight is 657 g/mol. The van der Waals surface area contributed by atoms with Gasteiger partial charge >= 0.3 is 0 Å². The Balaban J connectivity index is 1.35. The molecule has 3 aromatic heterocycles. The van der Waals surface area contributed by atoms with E-state index in [0.717, 1.165) is 58.3 Å². The molecule has 0 spiro atoms. The van der Waals surface area contributed by atoms with Crippen LogP contribution in [0.1, 0.15) is 40.3 Å². The van der Waals surface area contributed by atoms with E-state index in [1.54, 1.807) is 29.8 Å². The minimum Gasteiger partial charge on any atom is -0.497 e. The van der Waals surface area contributed by atoms with Gasteiger partial charge in [0.15, 0.2) is 17.4 Å². The van der Waals surface area contributed by atoms with Crippen LogP contribution in [0.15, 0.2) is 103 Å². The molecule has 0 saturated carbocycles. The van der Waals surface area contributed by atoms with Crippen molar-refractivity contribution in [3.8, 4) is 33.9 Å². The zero-order valence-corrected chi connectivity index (χ0v) is 26.9. The molecule has 9 heteroatoms. The third kappa shape index (κ3) is 5.18. The molecule has 7 aromatic rings. The van der Waals surface area contributed by atoms with Crippen molar-refractivity contribution in [2.24, 2.45) is 0 Å². The van der Waals surface area contributed by atoms with E-state index >= 15 is 4.79 Å². The fourth-order valence-electron chi connectivity index (χ4n) is 6.65. The molecule has 4 aromatic carbocycles. The fourth-order valence-corrected chi connectivity index (χ4v) is 6.78. The molecule has 0 radical (unpaired) electrons. The molecule has 4 heterocycles. The van der Waals surface area contributed by atoms with Crippen LogP contribution in [0.2, 0.25) is 5.02 Å². The van der Waals surface area contributed by atoms with E-state index in [9.17, 15) is 4.39 Å². The Hall–Kier alpha value is -5.47. The van der Waals surface area contributed by atoms with E-state index in [0.29, 0.717) is 39.9 Å². The number of carbonyl (C=O) groups excluding carboxylic acids is 1. The lowest BCUT2D eigenvalue weighted by Gasteiger charge is -2.12. The summed E-state index contributed by atoms with van der Waals surface area (Å²) in [5, 5.41) is 6.37. The molecule has 0 aliphatic carbocycles. The van der Waals surface area contributed by atoms with Crippen molar-refractivity contribution < 1.29 is 18.7 Å². The molecule has 1 aliphatic heterocycles. The number of para-hydroxylation sites is 2. The van der Waals surface area contributed by atoms with Gasteiger partial charge in [0.05, 0.1) is 18.3 Å². The van der Waals surface area contributed by atoms with Crippen LogP contribution >= 0.6 is 11.6 Å². The predicted octanol–water partition coefficient (Wildman–Crippen LogP) is 8.97. The molecule has 8 rings (SSSR count). The van der Waals surface area contributed by atoms with Crippen LogP contribution in [0.5, 0.6) is 11.5 Å². The first-order valence-corrected chi connectivity index (χ1v) is 16.2. The van der Waals surface area contributed by atoms with Gasteiger partial charge in [0.1, 0.15) is 23.7 Å². The van der Waals surface area contributed by atoms with Crippen molar-refractivity contribution in [1.82, 2.24) is 19.2 Å². The lowest BCUT2D eigenvalue weighted by Crippen LogP contribution is -2.10. The van der Waals surface area contributed by atoms with Gasteiger partial charge in [0.25, 0.3) is 0 Å². The molecule has 0 fully saturated rings. The Morgan fingerprint density at radius 2 is 1.67 bits per heavy atom. The topological polar surface area (TPSA) is 70.7 Å². The number of fused-ring (bicyclic) bond motifs is 1. The van der Waals surface area contributed by atoms with Gasteiger partial charge in [0.2, 0.25) is 5.78 Å². The van der Waals surface area contributed by atoms with Crippen LogP contribution < -0.4 is 9.47 Å². The highest BCUT2D eigenvalue weighted by Crippen LogP contribution is 2.39. The second kappa shape index (κ2) is 12.3. The number of methoxy groups -OCH3 is 1. The van der Waals surface area contributed by atoms with E-state index in [1.165, 1.54) is 6.07 Å². The van der Waals surface area contributed by atoms with Gasteiger partial charge < -0.3 is 14.0 Å². The molecule has 7 nitrogen and oxygen atoms in total. The van der Waals surface area contributed by atoms with Crippen molar-refractivity contribution in [2.75, 3.05) is 7.11 Å². The highest BCUT2D eigenvalue weighted by molar-refractivity contribution is 6.30. The molecular weight excluding hydrogens is 627 g/mol. The Labute approximate surface area is 281 Å². The fraction of sp³-hybridized carbons (Fsp3) is 0.154. The van der Waals surface area contributed by atoms with Crippen LogP contribution in [-0.2, 0) is 19.6 Å². The molecule has 1 aliphatic rings. The summed E-state index contributed by atoms with van der Waals surface area (Å²) >= 11 is 6.32. The molecule has 0 unspecified atom stereocenters. The highest BCUT2D eigenvalue weighted by Gasteiger charge is 2.32. The van der Waals surface area contributed by atoms with Crippen molar-refractivity contribution in [1.29, 1.82) is 0 Å². The van der Waals surface area contributed by atoms with Gasteiger partial charge in [0, 0.05) is 39.2 Å². The number of ether oxygens (including phenoxy) is 2. The quantitative estimate of drug-likeness (QED) is 0.153. The normalized spacial score (nSPS) is 12.7. The van der Waals surface area contributed by atoms with Crippen molar-refractivity contribution in [3.05, 3.63) is 137 Å². The second-order valence-electron chi connectivity index (χ2n) is 11.8. The number of rotatable bonds is 8. The number of aryl methyl sites for hydroxylation is 2. The maximum Gasteiger partial charge on any atom is 0.212 e. The van der Waals surface area contributed by atoms with Gasteiger partial charge in [-0.15, -0.1) is 5.10 Å². The van der Waals surface area contributed by atoms with Crippen LogP contribution in [0.4, 0.5) is 4.39 Å². The summed E-state index contributed by atoms with van der Waals surface area (Å²) in [6.45, 7) is 0.746. The van der Waals surface area contributed by atoms with Crippen LogP contribution in [0, 0.1) is 5.82 Å². The minimum atomic E-state index is -0.439. The monoisotopic (exact) mass is 656 g/mol. The summed E-state index contributed by atoms with van der Waals surface area (Å²) in [6, 6.07) is 31.1. The minimum absolute atomic E-state index is 0.0474. The van der Waals surface area contributed by atoms with Crippen LogP contribution in [0.3, 0.4) is 0 Å². The van der Waals surface area contributed by atoms with Gasteiger partial charge in [-0.25, -0.2) is 13.9 Å². The molecule has 0 atom stereocenters. The number of carbonyl (C=O) groups is 1. The zero-order valence-electron chi connectivity index (χ0n) is 26.1. The number of benzene rings is 4. The number of hydrogen-bond donors (Lipinski definition) is 0. The Bertz CT molecular complexity index is 2330. The third-order valence-corrected chi connectivity index (χ3v) is 9.20. The Morgan fingerprint density at radius 1 is 0.917 bits per heavy atom. The molecule has 0 bridgehead atoms. The molecule has 0 amide bonds. The standard InChI is InChI=1S/C39H30ClFN4O3/c1-47-27-19-15-24(16-20-27)33-22-30(28-8-2-4-11-32(28)42-33)38(46)37-36(25-13-17-26(40)18-14-25)29-9-6-7-21-44-35(43-45(37)39(29)44)23-48-34-12-5-3-10-31(34)41/h2-5,8,10-20,22H,6-7,9,21,23H2,1H3. The maximum atomic E-state index is 15.2. The van der Waals surface area contributed by atoms with E-state index in [2.05, 4.69) is 4.57 Å². The zero-order chi connectivity index (χ0) is 32.8. The first-order valence-electron chi connectivity index (χ1n) is 15.9.